The number of aromatic nitrogens is 2. The molecule has 1 aliphatic rings. The van der Waals surface area contributed by atoms with E-state index in [0.29, 0.717) is 17.3 Å². The van der Waals surface area contributed by atoms with Crippen molar-refractivity contribution in [1.82, 2.24) is 15.1 Å². The monoisotopic (exact) mass is 425 g/mol. The van der Waals surface area contributed by atoms with Gasteiger partial charge in [0.15, 0.2) is 11.5 Å². The van der Waals surface area contributed by atoms with E-state index in [1.807, 2.05) is 12.3 Å². The van der Waals surface area contributed by atoms with E-state index in [1.165, 1.54) is 22.4 Å². The fraction of sp³-hybridized carbons (Fsp3) is 0.375. The Bertz CT molecular complexity index is 1040. The number of nitrogens with zero attached hydrogens (tertiary/aromatic N) is 2. The van der Waals surface area contributed by atoms with Gasteiger partial charge in [-0.05, 0) is 62.4 Å². The summed E-state index contributed by atoms with van der Waals surface area (Å²) in [5.41, 5.74) is 7.18. The van der Waals surface area contributed by atoms with Gasteiger partial charge in [0.25, 0.3) is 0 Å². The third-order valence-electron chi connectivity index (χ3n) is 5.69. The van der Waals surface area contributed by atoms with Crippen LogP contribution in [0.3, 0.4) is 0 Å². The van der Waals surface area contributed by atoms with Gasteiger partial charge in [0, 0.05) is 40.5 Å². The van der Waals surface area contributed by atoms with Crippen molar-refractivity contribution >= 4 is 11.6 Å². The fourth-order valence-electron chi connectivity index (χ4n) is 4.43. The van der Waals surface area contributed by atoms with Crippen LogP contribution in [0.2, 0.25) is 5.02 Å². The minimum absolute atomic E-state index is 0.239. The molecule has 6 heteroatoms. The average molecular weight is 426 g/mol. The van der Waals surface area contributed by atoms with Gasteiger partial charge in [0.05, 0.1) is 26.1 Å². The topological polar surface area (TPSA) is 48.3 Å². The zero-order chi connectivity index (χ0) is 21.3. The van der Waals surface area contributed by atoms with E-state index < -0.39 is 0 Å². The van der Waals surface area contributed by atoms with Gasteiger partial charge in [0.2, 0.25) is 0 Å². The van der Waals surface area contributed by atoms with Gasteiger partial charge in [0.1, 0.15) is 0 Å². The molecule has 158 valence electrons. The zero-order valence-electron chi connectivity index (χ0n) is 18.0. The SMILES string of the molecule is COc1cc(Cl)cc(CN[C@@H]2CCCc3c2cnn3-c2cc(C)cc(C)c2)c1OC. The summed E-state index contributed by atoms with van der Waals surface area (Å²) in [7, 11) is 3.28. The molecule has 3 aromatic rings. The molecule has 0 aliphatic heterocycles. The first-order valence-corrected chi connectivity index (χ1v) is 10.7. The molecule has 0 unspecified atom stereocenters. The second-order valence-electron chi connectivity index (χ2n) is 7.93. The van der Waals surface area contributed by atoms with Crippen molar-refractivity contribution in [3.63, 3.8) is 0 Å². The van der Waals surface area contributed by atoms with Crippen LogP contribution in [0.1, 0.15) is 46.8 Å². The van der Waals surface area contributed by atoms with Gasteiger partial charge >= 0.3 is 0 Å². The van der Waals surface area contributed by atoms with Crippen LogP contribution in [-0.4, -0.2) is 24.0 Å². The van der Waals surface area contributed by atoms with Gasteiger partial charge in [-0.1, -0.05) is 17.7 Å². The number of methoxy groups -OCH3 is 2. The van der Waals surface area contributed by atoms with Crippen molar-refractivity contribution < 1.29 is 9.47 Å². The Hall–Kier alpha value is -2.50. The average Bonchev–Trinajstić information content (AvgIpc) is 3.15. The minimum Gasteiger partial charge on any atom is -0.493 e. The highest BCUT2D eigenvalue weighted by Crippen LogP contribution is 2.36. The summed E-state index contributed by atoms with van der Waals surface area (Å²) in [4.78, 5) is 0. The lowest BCUT2D eigenvalue weighted by Crippen LogP contribution is -2.25. The van der Waals surface area contributed by atoms with E-state index >= 15 is 0 Å². The highest BCUT2D eigenvalue weighted by molar-refractivity contribution is 6.30. The molecule has 5 nitrogen and oxygen atoms in total. The third kappa shape index (κ3) is 4.05. The molecule has 0 fully saturated rings. The molecular formula is C24H28ClN3O2. The van der Waals surface area contributed by atoms with Crippen LogP contribution in [0.5, 0.6) is 11.5 Å². The molecule has 0 spiro atoms. The van der Waals surface area contributed by atoms with Crippen LogP contribution < -0.4 is 14.8 Å². The lowest BCUT2D eigenvalue weighted by molar-refractivity contribution is 0.349. The number of ether oxygens (including phenoxy) is 2. The second kappa shape index (κ2) is 8.70. The summed E-state index contributed by atoms with van der Waals surface area (Å²) in [5, 5.41) is 9.06. The van der Waals surface area contributed by atoms with E-state index in [1.54, 1.807) is 20.3 Å². The highest BCUT2D eigenvalue weighted by atomic mass is 35.5. The van der Waals surface area contributed by atoms with Crippen LogP contribution in [0, 0.1) is 13.8 Å². The molecule has 0 radical (unpaired) electrons. The first-order valence-electron chi connectivity index (χ1n) is 10.3. The van der Waals surface area contributed by atoms with E-state index in [4.69, 9.17) is 26.2 Å². The lowest BCUT2D eigenvalue weighted by Gasteiger charge is -2.25. The molecule has 1 aliphatic carbocycles. The normalized spacial score (nSPS) is 15.7. The van der Waals surface area contributed by atoms with E-state index in [9.17, 15) is 0 Å². The number of benzene rings is 2. The lowest BCUT2D eigenvalue weighted by atomic mass is 9.92. The van der Waals surface area contributed by atoms with Gasteiger partial charge < -0.3 is 14.8 Å². The molecule has 1 heterocycles. The van der Waals surface area contributed by atoms with Gasteiger partial charge in [-0.2, -0.15) is 5.10 Å². The molecule has 1 N–H and O–H groups in total. The number of aryl methyl sites for hydroxylation is 2. The Balaban J connectivity index is 1.60. The van der Waals surface area contributed by atoms with Crippen molar-refractivity contribution in [3.8, 4) is 17.2 Å². The highest BCUT2D eigenvalue weighted by Gasteiger charge is 2.25. The Morgan fingerprint density at radius 1 is 1.10 bits per heavy atom. The molecule has 1 aromatic heterocycles. The summed E-state index contributed by atoms with van der Waals surface area (Å²) in [6, 6.07) is 10.5. The summed E-state index contributed by atoms with van der Waals surface area (Å²) in [6.07, 6.45) is 5.25. The van der Waals surface area contributed by atoms with Crippen molar-refractivity contribution in [2.24, 2.45) is 0 Å². The number of halogens is 1. The van der Waals surface area contributed by atoms with Crippen LogP contribution in [0.25, 0.3) is 5.69 Å². The van der Waals surface area contributed by atoms with Crippen molar-refractivity contribution in [2.45, 2.75) is 45.7 Å². The predicted molar refractivity (Wildman–Crippen MR) is 120 cm³/mol. The second-order valence-corrected chi connectivity index (χ2v) is 8.37. The maximum atomic E-state index is 6.28. The molecule has 0 saturated carbocycles. The number of hydrogen-bond acceptors (Lipinski definition) is 4. The molecule has 30 heavy (non-hydrogen) atoms. The van der Waals surface area contributed by atoms with Gasteiger partial charge in [-0.25, -0.2) is 4.68 Å². The minimum atomic E-state index is 0.239. The maximum absolute atomic E-state index is 6.28. The molecule has 1 atom stereocenters. The smallest absolute Gasteiger partial charge is 0.165 e. The molecular weight excluding hydrogens is 398 g/mol. The fourth-order valence-corrected chi connectivity index (χ4v) is 4.67. The van der Waals surface area contributed by atoms with Crippen molar-refractivity contribution in [2.75, 3.05) is 14.2 Å². The van der Waals surface area contributed by atoms with Crippen molar-refractivity contribution in [1.29, 1.82) is 0 Å². The number of fused-ring (bicyclic) bond motifs is 1. The summed E-state index contributed by atoms with van der Waals surface area (Å²) >= 11 is 6.28. The zero-order valence-corrected chi connectivity index (χ0v) is 18.7. The van der Waals surface area contributed by atoms with Gasteiger partial charge in [-0.3, -0.25) is 0 Å². The summed E-state index contributed by atoms with van der Waals surface area (Å²) in [6.45, 7) is 4.89. The largest absolute Gasteiger partial charge is 0.493 e. The Morgan fingerprint density at radius 2 is 1.87 bits per heavy atom. The Kier molecular flexibility index (Phi) is 6.02. The van der Waals surface area contributed by atoms with E-state index in [0.717, 1.165) is 36.3 Å². The first kappa shape index (κ1) is 20.8. The predicted octanol–water partition coefficient (Wildman–Crippen LogP) is 5.33. The Morgan fingerprint density at radius 3 is 2.57 bits per heavy atom. The Labute approximate surface area is 183 Å². The van der Waals surface area contributed by atoms with Crippen LogP contribution in [0.4, 0.5) is 0 Å². The molecule has 0 saturated heterocycles. The van der Waals surface area contributed by atoms with Crippen LogP contribution >= 0.6 is 11.6 Å². The first-order chi connectivity index (χ1) is 14.5. The molecule has 0 bridgehead atoms. The molecule has 2 aromatic carbocycles. The molecule has 0 amide bonds. The number of hydrogen-bond donors (Lipinski definition) is 1. The number of nitrogens with one attached hydrogen (secondary N) is 1. The number of rotatable bonds is 6. The maximum Gasteiger partial charge on any atom is 0.165 e. The van der Waals surface area contributed by atoms with Gasteiger partial charge in [-0.15, -0.1) is 0 Å². The third-order valence-corrected chi connectivity index (χ3v) is 5.91. The molecule has 4 rings (SSSR count). The summed E-state index contributed by atoms with van der Waals surface area (Å²) < 4.78 is 13.1. The van der Waals surface area contributed by atoms with E-state index in [-0.39, 0.29) is 6.04 Å². The van der Waals surface area contributed by atoms with Crippen molar-refractivity contribution in [3.05, 3.63) is 69.5 Å². The van der Waals surface area contributed by atoms with Crippen LogP contribution in [-0.2, 0) is 13.0 Å². The van der Waals surface area contributed by atoms with Crippen LogP contribution in [0.15, 0.2) is 36.5 Å². The quantitative estimate of drug-likeness (QED) is 0.580. The summed E-state index contributed by atoms with van der Waals surface area (Å²) in [5.74, 6) is 1.37. The standard InChI is InChI=1S/C24H28ClN3O2/c1-15-8-16(2)10-19(9-15)28-22-7-5-6-21(20(22)14-27-28)26-13-17-11-18(25)12-23(29-3)24(17)30-4/h8-12,14,21,26H,5-7,13H2,1-4H3/t21-/m1/s1. The van der Waals surface area contributed by atoms with E-state index in [2.05, 4.69) is 42.0 Å².